The lowest BCUT2D eigenvalue weighted by Gasteiger charge is -2.12. The lowest BCUT2D eigenvalue weighted by atomic mass is 10.2. The van der Waals surface area contributed by atoms with Gasteiger partial charge < -0.3 is 21.1 Å². The summed E-state index contributed by atoms with van der Waals surface area (Å²) in [6, 6.07) is 1.33. The highest BCUT2D eigenvalue weighted by atomic mass is 16.4. The van der Waals surface area contributed by atoms with Crippen LogP contribution in [0, 0.1) is 0 Å². The topological polar surface area (TPSA) is 109 Å². The van der Waals surface area contributed by atoms with Gasteiger partial charge in [-0.05, 0) is 6.07 Å². The number of nitrogen functional groups attached to an aromatic ring is 1. The van der Waals surface area contributed by atoms with Crippen LogP contribution in [-0.4, -0.2) is 47.5 Å². The zero-order valence-electron chi connectivity index (χ0n) is 10.3. The number of pyridine rings is 1. The van der Waals surface area contributed by atoms with Crippen molar-refractivity contribution in [3.8, 4) is 0 Å². The van der Waals surface area contributed by atoms with E-state index in [1.807, 2.05) is 0 Å². The molecule has 0 saturated heterocycles. The van der Waals surface area contributed by atoms with E-state index in [9.17, 15) is 9.59 Å². The lowest BCUT2D eigenvalue weighted by molar-refractivity contribution is -0.128. The molecule has 0 atom stereocenters. The van der Waals surface area contributed by atoms with E-state index in [2.05, 4.69) is 10.3 Å². The van der Waals surface area contributed by atoms with Crippen LogP contribution in [0.15, 0.2) is 12.3 Å². The Kier molecular flexibility index (Phi) is 4.47. The molecule has 1 aromatic rings. The van der Waals surface area contributed by atoms with Crippen LogP contribution in [0.4, 0.5) is 11.5 Å². The fraction of sp³-hybridized carbons (Fsp3) is 0.364. The number of aromatic nitrogens is 1. The molecule has 0 radical (unpaired) electrons. The standard InChI is InChI=1S/C11H16N4O3/c1-15(2)8(16)4-6-14-10-9(12)7(11(17)18)3-5-13-10/h3,5H,4,6,12H2,1-2H3,(H,13,14)(H,17,18). The minimum Gasteiger partial charge on any atom is -0.478 e. The van der Waals surface area contributed by atoms with Gasteiger partial charge in [0.1, 0.15) is 5.82 Å². The first-order valence-corrected chi connectivity index (χ1v) is 5.35. The number of aromatic carboxylic acids is 1. The summed E-state index contributed by atoms with van der Waals surface area (Å²) in [7, 11) is 3.33. The van der Waals surface area contributed by atoms with Crippen LogP contribution in [0.2, 0.25) is 0 Å². The van der Waals surface area contributed by atoms with Crippen molar-refractivity contribution in [3.05, 3.63) is 17.8 Å². The van der Waals surface area contributed by atoms with Gasteiger partial charge in [-0.15, -0.1) is 0 Å². The van der Waals surface area contributed by atoms with E-state index in [1.54, 1.807) is 14.1 Å². The Morgan fingerprint density at radius 2 is 2.17 bits per heavy atom. The number of carbonyl (C=O) groups excluding carboxylic acids is 1. The largest absolute Gasteiger partial charge is 0.478 e. The number of hydrogen-bond acceptors (Lipinski definition) is 5. The lowest BCUT2D eigenvalue weighted by Crippen LogP contribution is -2.24. The molecule has 1 rings (SSSR count). The van der Waals surface area contributed by atoms with Gasteiger partial charge in [-0.1, -0.05) is 0 Å². The Balaban J connectivity index is 2.66. The third-order valence-corrected chi connectivity index (χ3v) is 2.35. The van der Waals surface area contributed by atoms with Crippen LogP contribution >= 0.6 is 0 Å². The van der Waals surface area contributed by atoms with E-state index in [0.29, 0.717) is 6.54 Å². The zero-order valence-corrected chi connectivity index (χ0v) is 10.3. The second kappa shape index (κ2) is 5.85. The van der Waals surface area contributed by atoms with Gasteiger partial charge in [-0.25, -0.2) is 9.78 Å². The number of nitrogens with one attached hydrogen (secondary N) is 1. The van der Waals surface area contributed by atoms with Crippen molar-refractivity contribution in [3.63, 3.8) is 0 Å². The normalized spacial score (nSPS) is 9.89. The molecule has 0 unspecified atom stereocenters. The van der Waals surface area contributed by atoms with Crippen molar-refractivity contribution in [2.24, 2.45) is 0 Å². The highest BCUT2D eigenvalue weighted by molar-refractivity contribution is 5.96. The van der Waals surface area contributed by atoms with Crippen LogP contribution in [-0.2, 0) is 4.79 Å². The van der Waals surface area contributed by atoms with Gasteiger partial charge in [0.05, 0.1) is 11.3 Å². The average Bonchev–Trinajstić information content (AvgIpc) is 2.30. The Morgan fingerprint density at radius 3 is 2.72 bits per heavy atom. The molecule has 1 heterocycles. The van der Waals surface area contributed by atoms with Crippen molar-refractivity contribution in [1.82, 2.24) is 9.88 Å². The van der Waals surface area contributed by atoms with Crippen LogP contribution in [0.3, 0.4) is 0 Å². The second-order valence-electron chi connectivity index (χ2n) is 3.89. The number of nitrogens with zero attached hydrogens (tertiary/aromatic N) is 2. The molecule has 0 aliphatic rings. The highest BCUT2D eigenvalue weighted by Crippen LogP contribution is 2.19. The molecule has 18 heavy (non-hydrogen) atoms. The highest BCUT2D eigenvalue weighted by Gasteiger charge is 2.12. The summed E-state index contributed by atoms with van der Waals surface area (Å²) in [5.41, 5.74) is 5.72. The summed E-state index contributed by atoms with van der Waals surface area (Å²) < 4.78 is 0. The van der Waals surface area contributed by atoms with Crippen LogP contribution < -0.4 is 11.1 Å². The van der Waals surface area contributed by atoms with Gasteiger partial charge in [0.15, 0.2) is 0 Å². The Bertz CT molecular complexity index is 460. The predicted octanol–water partition coefficient (Wildman–Crippen LogP) is 0.252. The molecule has 0 saturated carbocycles. The number of rotatable bonds is 5. The maximum absolute atomic E-state index is 11.3. The molecule has 0 fully saturated rings. The van der Waals surface area contributed by atoms with Crippen LogP contribution in [0.25, 0.3) is 0 Å². The molecule has 0 aromatic carbocycles. The van der Waals surface area contributed by atoms with E-state index in [4.69, 9.17) is 10.8 Å². The van der Waals surface area contributed by atoms with Crippen LogP contribution in [0.5, 0.6) is 0 Å². The summed E-state index contributed by atoms with van der Waals surface area (Å²) >= 11 is 0. The zero-order chi connectivity index (χ0) is 13.7. The number of anilines is 2. The van der Waals surface area contributed by atoms with E-state index >= 15 is 0 Å². The summed E-state index contributed by atoms with van der Waals surface area (Å²) in [6.07, 6.45) is 1.64. The monoisotopic (exact) mass is 252 g/mol. The first kappa shape index (κ1) is 13.8. The molecule has 0 spiro atoms. The van der Waals surface area contributed by atoms with E-state index in [-0.39, 0.29) is 29.4 Å². The third kappa shape index (κ3) is 3.34. The Morgan fingerprint density at radius 1 is 1.50 bits per heavy atom. The number of carbonyl (C=O) groups is 2. The first-order valence-electron chi connectivity index (χ1n) is 5.35. The number of nitrogens with two attached hydrogens (primary N) is 1. The van der Waals surface area contributed by atoms with Crippen molar-refractivity contribution < 1.29 is 14.7 Å². The number of carboxylic acids is 1. The van der Waals surface area contributed by atoms with E-state index in [1.165, 1.54) is 17.2 Å². The maximum atomic E-state index is 11.3. The number of hydrogen-bond donors (Lipinski definition) is 3. The molecule has 7 heteroatoms. The van der Waals surface area contributed by atoms with Gasteiger partial charge in [-0.2, -0.15) is 0 Å². The Hall–Kier alpha value is -2.31. The van der Waals surface area contributed by atoms with Gasteiger partial charge in [0.25, 0.3) is 0 Å². The molecular weight excluding hydrogens is 236 g/mol. The fourth-order valence-corrected chi connectivity index (χ4v) is 1.31. The molecular formula is C11H16N4O3. The first-order chi connectivity index (χ1) is 8.43. The molecule has 0 aliphatic heterocycles. The van der Waals surface area contributed by atoms with Crippen molar-refractivity contribution in [2.75, 3.05) is 31.7 Å². The molecule has 1 amide bonds. The smallest absolute Gasteiger partial charge is 0.337 e. The van der Waals surface area contributed by atoms with E-state index < -0.39 is 5.97 Å². The van der Waals surface area contributed by atoms with Gasteiger partial charge in [0, 0.05) is 33.3 Å². The molecule has 0 aliphatic carbocycles. The summed E-state index contributed by atoms with van der Waals surface area (Å²) in [6.45, 7) is 0.345. The summed E-state index contributed by atoms with van der Waals surface area (Å²) in [4.78, 5) is 27.6. The fourth-order valence-electron chi connectivity index (χ4n) is 1.31. The molecule has 7 nitrogen and oxygen atoms in total. The summed E-state index contributed by atoms with van der Waals surface area (Å²) in [5, 5.41) is 11.7. The minimum absolute atomic E-state index is 0.00793. The van der Waals surface area contributed by atoms with Gasteiger partial charge in [0.2, 0.25) is 5.91 Å². The molecule has 1 aromatic heterocycles. The van der Waals surface area contributed by atoms with Crippen molar-refractivity contribution in [1.29, 1.82) is 0 Å². The van der Waals surface area contributed by atoms with Crippen molar-refractivity contribution in [2.45, 2.75) is 6.42 Å². The van der Waals surface area contributed by atoms with E-state index in [0.717, 1.165) is 0 Å². The Labute approximate surface area is 105 Å². The third-order valence-electron chi connectivity index (χ3n) is 2.35. The maximum Gasteiger partial charge on any atom is 0.337 e. The minimum atomic E-state index is -1.11. The quantitative estimate of drug-likeness (QED) is 0.693. The van der Waals surface area contributed by atoms with Crippen molar-refractivity contribution >= 4 is 23.4 Å². The second-order valence-corrected chi connectivity index (χ2v) is 3.89. The molecule has 4 N–H and O–H groups in total. The average molecular weight is 252 g/mol. The molecule has 98 valence electrons. The summed E-state index contributed by atoms with van der Waals surface area (Å²) in [5.74, 6) is -0.862. The number of amides is 1. The van der Waals surface area contributed by atoms with Crippen LogP contribution in [0.1, 0.15) is 16.8 Å². The predicted molar refractivity (Wildman–Crippen MR) is 67.4 cm³/mol. The molecule has 0 bridgehead atoms. The number of carboxylic acid groups (broad SMARTS) is 1. The SMILES string of the molecule is CN(C)C(=O)CCNc1nccc(C(=O)O)c1N. The van der Waals surface area contributed by atoms with Gasteiger partial charge >= 0.3 is 5.97 Å². The van der Waals surface area contributed by atoms with Gasteiger partial charge in [-0.3, -0.25) is 4.79 Å².